The lowest BCUT2D eigenvalue weighted by molar-refractivity contribution is 0.239. The number of rotatable bonds is 3. The molecule has 2 aliphatic rings. The summed E-state index contributed by atoms with van der Waals surface area (Å²) >= 11 is 0. The van der Waals surface area contributed by atoms with Crippen molar-refractivity contribution < 1.29 is 4.74 Å². The molecule has 3 unspecified atom stereocenters. The molecule has 2 fully saturated rings. The molecule has 0 N–H and O–H groups in total. The van der Waals surface area contributed by atoms with Crippen LogP contribution in [0.15, 0.2) is 24.3 Å². The normalized spacial score (nSPS) is 33.3. The highest BCUT2D eigenvalue weighted by Crippen LogP contribution is 2.57. The number of nitrogens with zero attached hydrogens (tertiary/aromatic N) is 1. The molecule has 0 amide bonds. The molecule has 0 aliphatic heterocycles. The molecule has 0 spiro atoms. The van der Waals surface area contributed by atoms with E-state index in [0.29, 0.717) is 5.92 Å². The van der Waals surface area contributed by atoms with E-state index in [-0.39, 0.29) is 5.41 Å². The van der Waals surface area contributed by atoms with Gasteiger partial charge in [0.15, 0.2) is 0 Å². The van der Waals surface area contributed by atoms with E-state index >= 15 is 0 Å². The first kappa shape index (κ1) is 11.6. The van der Waals surface area contributed by atoms with Crippen LogP contribution < -0.4 is 4.74 Å². The molecule has 3 rings (SSSR count). The molecule has 2 heteroatoms. The molecular formula is C16H19NO. The minimum Gasteiger partial charge on any atom is -0.497 e. The van der Waals surface area contributed by atoms with Crippen molar-refractivity contribution in [3.63, 3.8) is 0 Å². The lowest BCUT2D eigenvalue weighted by atomic mass is 9.70. The fraction of sp³-hybridized carbons (Fsp3) is 0.562. The van der Waals surface area contributed by atoms with Crippen molar-refractivity contribution in [2.24, 2.45) is 17.3 Å². The minimum atomic E-state index is -0.102. The summed E-state index contributed by atoms with van der Waals surface area (Å²) in [6.45, 7) is 0. The van der Waals surface area contributed by atoms with Gasteiger partial charge in [-0.3, -0.25) is 0 Å². The summed E-state index contributed by atoms with van der Waals surface area (Å²) in [7, 11) is 1.69. The predicted octanol–water partition coefficient (Wildman–Crippen LogP) is 3.57. The molecule has 94 valence electrons. The molecule has 1 aromatic rings. The quantitative estimate of drug-likeness (QED) is 0.810. The number of ether oxygens (including phenoxy) is 1. The minimum absolute atomic E-state index is 0.102. The van der Waals surface area contributed by atoms with Gasteiger partial charge in [0.2, 0.25) is 0 Å². The number of hydrogen-bond donors (Lipinski definition) is 0. The average molecular weight is 241 g/mol. The average Bonchev–Trinajstić information content (AvgIpc) is 3.00. The highest BCUT2D eigenvalue weighted by atomic mass is 16.5. The van der Waals surface area contributed by atoms with Gasteiger partial charge in [0, 0.05) is 0 Å². The number of benzene rings is 1. The van der Waals surface area contributed by atoms with E-state index in [0.717, 1.165) is 24.5 Å². The highest BCUT2D eigenvalue weighted by Gasteiger charge is 2.51. The Labute approximate surface area is 109 Å². The van der Waals surface area contributed by atoms with Crippen LogP contribution >= 0.6 is 0 Å². The van der Waals surface area contributed by atoms with E-state index < -0.39 is 0 Å². The molecule has 2 bridgehead atoms. The Morgan fingerprint density at radius 2 is 2.33 bits per heavy atom. The van der Waals surface area contributed by atoms with Gasteiger partial charge in [-0.15, -0.1) is 0 Å². The Bertz CT molecular complexity index is 490. The summed E-state index contributed by atoms with van der Waals surface area (Å²) in [6, 6.07) is 10.8. The van der Waals surface area contributed by atoms with Crippen LogP contribution in [0.2, 0.25) is 0 Å². The Kier molecular flexibility index (Phi) is 2.78. The third-order valence-corrected chi connectivity index (χ3v) is 4.85. The van der Waals surface area contributed by atoms with E-state index in [2.05, 4.69) is 18.2 Å². The number of methoxy groups -OCH3 is 1. The molecule has 3 atom stereocenters. The van der Waals surface area contributed by atoms with Crippen molar-refractivity contribution in [1.29, 1.82) is 5.26 Å². The zero-order valence-corrected chi connectivity index (χ0v) is 10.9. The van der Waals surface area contributed by atoms with Crippen molar-refractivity contribution in [3.8, 4) is 11.8 Å². The maximum Gasteiger partial charge on any atom is 0.119 e. The summed E-state index contributed by atoms with van der Waals surface area (Å²) in [4.78, 5) is 0. The van der Waals surface area contributed by atoms with E-state index in [1.165, 1.54) is 24.8 Å². The van der Waals surface area contributed by atoms with Gasteiger partial charge in [-0.25, -0.2) is 0 Å². The second-order valence-electron chi connectivity index (χ2n) is 5.88. The molecule has 0 radical (unpaired) electrons. The van der Waals surface area contributed by atoms with Gasteiger partial charge in [0.25, 0.3) is 0 Å². The van der Waals surface area contributed by atoms with Crippen LogP contribution in [-0.2, 0) is 6.42 Å². The second kappa shape index (κ2) is 4.31. The predicted molar refractivity (Wildman–Crippen MR) is 70.2 cm³/mol. The van der Waals surface area contributed by atoms with Crippen LogP contribution in [0.1, 0.15) is 31.2 Å². The Morgan fingerprint density at radius 3 is 2.94 bits per heavy atom. The number of nitriles is 1. The summed E-state index contributed by atoms with van der Waals surface area (Å²) in [5.74, 6) is 2.32. The molecule has 0 saturated heterocycles. The molecule has 1 aromatic carbocycles. The summed E-state index contributed by atoms with van der Waals surface area (Å²) in [6.07, 6.45) is 5.86. The number of hydrogen-bond acceptors (Lipinski definition) is 2. The first-order valence-corrected chi connectivity index (χ1v) is 6.80. The zero-order valence-electron chi connectivity index (χ0n) is 10.9. The standard InChI is InChI=1S/C16H19NO/c1-18-15-4-2-3-12(8-15)9-16(11-17)10-13-5-6-14(16)7-13/h2-4,8,13-14H,5-7,9-10H2,1H3. The molecular weight excluding hydrogens is 222 g/mol. The van der Waals surface area contributed by atoms with Gasteiger partial charge in [0.05, 0.1) is 18.6 Å². The van der Waals surface area contributed by atoms with E-state index in [4.69, 9.17) is 4.74 Å². The van der Waals surface area contributed by atoms with Crippen LogP contribution in [0, 0.1) is 28.6 Å². The van der Waals surface area contributed by atoms with Gasteiger partial charge in [-0.1, -0.05) is 18.6 Å². The molecule has 18 heavy (non-hydrogen) atoms. The van der Waals surface area contributed by atoms with Gasteiger partial charge in [0.1, 0.15) is 5.75 Å². The summed E-state index contributed by atoms with van der Waals surface area (Å²) < 4.78 is 5.26. The molecule has 0 aromatic heterocycles. The third kappa shape index (κ3) is 1.79. The smallest absolute Gasteiger partial charge is 0.119 e. The monoisotopic (exact) mass is 241 g/mol. The first-order chi connectivity index (χ1) is 8.75. The summed E-state index contributed by atoms with van der Waals surface area (Å²) in [5, 5.41) is 9.65. The van der Waals surface area contributed by atoms with Crippen molar-refractivity contribution in [3.05, 3.63) is 29.8 Å². The van der Waals surface area contributed by atoms with Crippen LogP contribution in [0.5, 0.6) is 5.75 Å². The van der Waals surface area contributed by atoms with Gasteiger partial charge in [-0.2, -0.15) is 5.26 Å². The lowest BCUT2D eigenvalue weighted by Gasteiger charge is -2.31. The van der Waals surface area contributed by atoms with Crippen LogP contribution in [-0.4, -0.2) is 7.11 Å². The molecule has 2 aliphatic carbocycles. The van der Waals surface area contributed by atoms with Gasteiger partial charge >= 0.3 is 0 Å². The SMILES string of the molecule is COc1cccc(CC2(C#N)CC3CCC2C3)c1. The van der Waals surface area contributed by atoms with Crippen LogP contribution in [0.25, 0.3) is 0 Å². The molecule has 2 nitrogen and oxygen atoms in total. The fourth-order valence-corrected chi connectivity index (χ4v) is 3.98. The molecule has 0 heterocycles. The fourth-order valence-electron chi connectivity index (χ4n) is 3.98. The van der Waals surface area contributed by atoms with E-state index in [1.54, 1.807) is 7.11 Å². The van der Waals surface area contributed by atoms with Crippen molar-refractivity contribution >= 4 is 0 Å². The largest absolute Gasteiger partial charge is 0.497 e. The zero-order chi connectivity index (χ0) is 12.6. The van der Waals surface area contributed by atoms with Crippen molar-refractivity contribution in [1.82, 2.24) is 0 Å². The molecule has 2 saturated carbocycles. The first-order valence-electron chi connectivity index (χ1n) is 6.80. The Hall–Kier alpha value is -1.49. The maximum atomic E-state index is 9.65. The summed E-state index contributed by atoms with van der Waals surface area (Å²) in [5.41, 5.74) is 1.14. The van der Waals surface area contributed by atoms with Gasteiger partial charge in [-0.05, 0) is 55.2 Å². The highest BCUT2D eigenvalue weighted by molar-refractivity contribution is 5.31. The third-order valence-electron chi connectivity index (χ3n) is 4.85. The van der Waals surface area contributed by atoms with Crippen molar-refractivity contribution in [2.45, 2.75) is 32.1 Å². The topological polar surface area (TPSA) is 33.0 Å². The maximum absolute atomic E-state index is 9.65. The van der Waals surface area contributed by atoms with Crippen LogP contribution in [0.4, 0.5) is 0 Å². The van der Waals surface area contributed by atoms with Crippen LogP contribution in [0.3, 0.4) is 0 Å². The Morgan fingerprint density at radius 1 is 1.44 bits per heavy atom. The number of fused-ring (bicyclic) bond motifs is 2. The van der Waals surface area contributed by atoms with Crippen molar-refractivity contribution in [2.75, 3.05) is 7.11 Å². The Balaban J connectivity index is 1.84. The van der Waals surface area contributed by atoms with E-state index in [9.17, 15) is 5.26 Å². The lowest BCUT2D eigenvalue weighted by Crippen LogP contribution is -2.28. The second-order valence-corrected chi connectivity index (χ2v) is 5.88. The van der Waals surface area contributed by atoms with E-state index in [1.807, 2.05) is 12.1 Å². The van der Waals surface area contributed by atoms with Gasteiger partial charge < -0.3 is 4.74 Å².